The Balaban J connectivity index is 2.09. The Morgan fingerprint density at radius 1 is 1.22 bits per heavy atom. The molecule has 0 spiro atoms. The number of carbonyl (C=O) groups is 1. The second-order valence-electron chi connectivity index (χ2n) is 3.99. The molecule has 0 fully saturated rings. The third kappa shape index (κ3) is 2.79. The molecule has 2 nitrogen and oxygen atoms in total. The number of carbonyl (C=O) groups excluding carboxylic acids is 1. The highest BCUT2D eigenvalue weighted by atomic mass is 35.5. The molecular formula is C14H13ClFNO. The van der Waals surface area contributed by atoms with Crippen molar-refractivity contribution >= 4 is 17.4 Å². The second kappa shape index (κ2) is 5.83. The number of nitrogens with zero attached hydrogens (tertiary/aromatic N) is 1. The van der Waals surface area contributed by atoms with Crippen molar-refractivity contribution in [2.24, 2.45) is 0 Å². The molecule has 0 saturated carbocycles. The third-order valence-corrected chi connectivity index (χ3v) is 3.06. The molecule has 0 unspecified atom stereocenters. The van der Waals surface area contributed by atoms with Gasteiger partial charge in [0.25, 0.3) is 0 Å². The van der Waals surface area contributed by atoms with Gasteiger partial charge in [0.05, 0.1) is 11.6 Å². The van der Waals surface area contributed by atoms with Gasteiger partial charge in [0.1, 0.15) is 5.82 Å². The molecule has 1 heterocycles. The van der Waals surface area contributed by atoms with E-state index in [1.54, 1.807) is 41.1 Å². The summed E-state index contributed by atoms with van der Waals surface area (Å²) in [5.74, 6) is -0.367. The normalized spacial score (nSPS) is 10.6. The summed E-state index contributed by atoms with van der Waals surface area (Å²) in [6, 6.07) is 10.2. The zero-order valence-corrected chi connectivity index (χ0v) is 10.5. The van der Waals surface area contributed by atoms with Crippen molar-refractivity contribution in [1.29, 1.82) is 0 Å². The van der Waals surface area contributed by atoms with Crippen molar-refractivity contribution in [2.75, 3.05) is 5.88 Å². The highest BCUT2D eigenvalue weighted by Gasteiger charge is 2.09. The number of aromatic nitrogens is 1. The highest BCUT2D eigenvalue weighted by molar-refractivity contribution is 6.30. The molecule has 1 aromatic heterocycles. The molecule has 0 aliphatic heterocycles. The molecule has 2 rings (SSSR count). The fraction of sp³-hybridized carbons (Fsp3) is 0.214. The number of ketones is 1. The van der Waals surface area contributed by atoms with Crippen LogP contribution < -0.4 is 0 Å². The standard InChI is InChI=1S/C14H13ClFNO/c15-10-14(18)13-6-3-8-17(13)9-7-11-4-1-2-5-12(11)16/h1-6,8H,7,9-10H2. The van der Waals surface area contributed by atoms with Gasteiger partial charge >= 0.3 is 0 Å². The van der Waals surface area contributed by atoms with E-state index in [2.05, 4.69) is 0 Å². The van der Waals surface area contributed by atoms with E-state index in [4.69, 9.17) is 11.6 Å². The zero-order chi connectivity index (χ0) is 13.0. The lowest BCUT2D eigenvalue weighted by Crippen LogP contribution is -2.11. The molecule has 0 bridgehead atoms. The molecule has 2 aromatic rings. The molecule has 18 heavy (non-hydrogen) atoms. The van der Waals surface area contributed by atoms with E-state index in [0.717, 1.165) is 0 Å². The van der Waals surface area contributed by atoms with Gasteiger partial charge in [-0.2, -0.15) is 0 Å². The van der Waals surface area contributed by atoms with Gasteiger partial charge in [-0.1, -0.05) is 18.2 Å². The van der Waals surface area contributed by atoms with E-state index >= 15 is 0 Å². The summed E-state index contributed by atoms with van der Waals surface area (Å²) in [5, 5.41) is 0. The van der Waals surface area contributed by atoms with Gasteiger partial charge in [0, 0.05) is 12.7 Å². The minimum absolute atomic E-state index is 0.0380. The number of benzene rings is 1. The first-order valence-corrected chi connectivity index (χ1v) is 6.23. The van der Waals surface area contributed by atoms with Crippen LogP contribution in [-0.4, -0.2) is 16.2 Å². The van der Waals surface area contributed by atoms with Gasteiger partial charge in [-0.15, -0.1) is 11.6 Å². The quantitative estimate of drug-likeness (QED) is 0.601. The SMILES string of the molecule is O=C(CCl)c1cccn1CCc1ccccc1F. The Bertz CT molecular complexity index is 550. The van der Waals surface area contributed by atoms with E-state index in [9.17, 15) is 9.18 Å². The number of hydrogen-bond acceptors (Lipinski definition) is 1. The Morgan fingerprint density at radius 3 is 2.72 bits per heavy atom. The lowest BCUT2D eigenvalue weighted by molar-refractivity contribution is 0.101. The van der Waals surface area contributed by atoms with Crippen LogP contribution in [0.15, 0.2) is 42.6 Å². The number of alkyl halides is 1. The number of aryl methyl sites for hydroxylation is 2. The van der Waals surface area contributed by atoms with Crippen molar-refractivity contribution in [2.45, 2.75) is 13.0 Å². The van der Waals surface area contributed by atoms with E-state index < -0.39 is 0 Å². The fourth-order valence-electron chi connectivity index (χ4n) is 1.87. The molecule has 0 saturated heterocycles. The topological polar surface area (TPSA) is 22.0 Å². The number of rotatable bonds is 5. The van der Waals surface area contributed by atoms with Crippen LogP contribution in [0.25, 0.3) is 0 Å². The van der Waals surface area contributed by atoms with E-state index in [1.807, 2.05) is 0 Å². The largest absolute Gasteiger partial charge is 0.345 e. The van der Waals surface area contributed by atoms with Gasteiger partial charge < -0.3 is 4.57 Å². The molecule has 4 heteroatoms. The number of hydrogen-bond donors (Lipinski definition) is 0. The first-order chi connectivity index (χ1) is 8.72. The summed E-state index contributed by atoms with van der Waals surface area (Å²) in [6.45, 7) is 0.561. The van der Waals surface area contributed by atoms with Crippen molar-refractivity contribution < 1.29 is 9.18 Å². The van der Waals surface area contributed by atoms with Gasteiger partial charge in [-0.05, 0) is 30.2 Å². The predicted molar refractivity (Wildman–Crippen MR) is 69.6 cm³/mol. The Kier molecular flexibility index (Phi) is 4.15. The Morgan fingerprint density at radius 2 is 2.00 bits per heavy atom. The van der Waals surface area contributed by atoms with Crippen LogP contribution in [0.2, 0.25) is 0 Å². The van der Waals surface area contributed by atoms with E-state index in [-0.39, 0.29) is 17.5 Å². The molecule has 0 aliphatic carbocycles. The smallest absolute Gasteiger partial charge is 0.193 e. The average molecular weight is 266 g/mol. The van der Waals surface area contributed by atoms with Gasteiger partial charge in [0.15, 0.2) is 5.78 Å². The van der Waals surface area contributed by atoms with Crippen molar-refractivity contribution in [3.05, 3.63) is 59.7 Å². The highest BCUT2D eigenvalue weighted by Crippen LogP contribution is 2.11. The van der Waals surface area contributed by atoms with Crippen LogP contribution in [0.3, 0.4) is 0 Å². The maximum absolute atomic E-state index is 13.4. The van der Waals surface area contributed by atoms with Gasteiger partial charge in [-0.3, -0.25) is 4.79 Å². The maximum Gasteiger partial charge on any atom is 0.193 e. The molecule has 1 aromatic carbocycles. The molecule has 0 atom stereocenters. The fourth-order valence-corrected chi connectivity index (χ4v) is 2.01. The summed E-state index contributed by atoms with van der Waals surface area (Å²) in [7, 11) is 0. The van der Waals surface area contributed by atoms with Crippen molar-refractivity contribution in [1.82, 2.24) is 4.57 Å². The zero-order valence-electron chi connectivity index (χ0n) is 9.77. The summed E-state index contributed by atoms with van der Waals surface area (Å²) in [4.78, 5) is 11.5. The van der Waals surface area contributed by atoms with Crippen LogP contribution in [-0.2, 0) is 13.0 Å². The summed E-state index contributed by atoms with van der Waals surface area (Å²) >= 11 is 5.53. The van der Waals surface area contributed by atoms with Gasteiger partial charge in [0.2, 0.25) is 0 Å². The Hall–Kier alpha value is -1.61. The van der Waals surface area contributed by atoms with Crippen LogP contribution in [0.1, 0.15) is 16.1 Å². The van der Waals surface area contributed by atoms with Crippen LogP contribution in [0.4, 0.5) is 4.39 Å². The van der Waals surface area contributed by atoms with Crippen LogP contribution in [0.5, 0.6) is 0 Å². The molecule has 0 aliphatic rings. The first kappa shape index (κ1) is 12.8. The molecule has 94 valence electrons. The summed E-state index contributed by atoms with van der Waals surface area (Å²) < 4.78 is 15.2. The predicted octanol–water partition coefficient (Wildman–Crippen LogP) is 3.29. The number of Topliss-reactive ketones (excluding diaryl/α,β-unsaturated/α-hetero) is 1. The van der Waals surface area contributed by atoms with E-state index in [1.165, 1.54) is 6.07 Å². The molecule has 0 N–H and O–H groups in total. The van der Waals surface area contributed by atoms with Crippen LogP contribution >= 0.6 is 11.6 Å². The third-order valence-electron chi connectivity index (χ3n) is 2.82. The average Bonchev–Trinajstić information content (AvgIpc) is 2.85. The molecule has 0 radical (unpaired) electrons. The van der Waals surface area contributed by atoms with Crippen LogP contribution in [0, 0.1) is 5.82 Å². The summed E-state index contributed by atoms with van der Waals surface area (Å²) in [5.41, 5.74) is 1.22. The second-order valence-corrected chi connectivity index (χ2v) is 4.25. The van der Waals surface area contributed by atoms with Crippen molar-refractivity contribution in [3.8, 4) is 0 Å². The van der Waals surface area contributed by atoms with Gasteiger partial charge in [-0.25, -0.2) is 4.39 Å². The van der Waals surface area contributed by atoms with E-state index in [0.29, 0.717) is 24.2 Å². The minimum atomic E-state index is -0.213. The molecular weight excluding hydrogens is 253 g/mol. The first-order valence-electron chi connectivity index (χ1n) is 5.70. The molecule has 0 amide bonds. The maximum atomic E-state index is 13.4. The summed E-state index contributed by atoms with van der Waals surface area (Å²) in [6.07, 6.45) is 2.35. The lowest BCUT2D eigenvalue weighted by atomic mass is 10.1. The lowest BCUT2D eigenvalue weighted by Gasteiger charge is -2.08. The minimum Gasteiger partial charge on any atom is -0.345 e. The monoisotopic (exact) mass is 265 g/mol. The van der Waals surface area contributed by atoms with Crippen molar-refractivity contribution in [3.63, 3.8) is 0 Å². The Labute approximate surface area is 110 Å². The number of halogens is 2.